The number of nitrogens with two attached hydrogens (primary N) is 1. The summed E-state index contributed by atoms with van der Waals surface area (Å²) in [6, 6.07) is 12.4. The van der Waals surface area contributed by atoms with E-state index in [1.165, 1.54) is 0 Å². The van der Waals surface area contributed by atoms with Crippen LogP contribution in [0.4, 0.5) is 26.3 Å². The molecule has 0 aromatic carbocycles. The van der Waals surface area contributed by atoms with Gasteiger partial charge in [-0.2, -0.15) is 31.6 Å². The summed E-state index contributed by atoms with van der Waals surface area (Å²) in [7, 11) is 0. The van der Waals surface area contributed by atoms with Crippen LogP contribution in [0.1, 0.15) is 24.2 Å². The average Bonchev–Trinajstić information content (AvgIpc) is 3.47. The molecule has 0 radical (unpaired) electrons. The summed E-state index contributed by atoms with van der Waals surface area (Å²) >= 11 is 11.2. The fourth-order valence-electron chi connectivity index (χ4n) is 1.55. The summed E-state index contributed by atoms with van der Waals surface area (Å²) in [6.45, 7) is 0. The summed E-state index contributed by atoms with van der Waals surface area (Å²) in [4.78, 5) is 25.6. The minimum atomic E-state index is -5.08. The van der Waals surface area contributed by atoms with Crippen molar-refractivity contribution >= 4 is 35.1 Å². The Bertz CT molecular complexity index is 1000. The van der Waals surface area contributed by atoms with Crippen LogP contribution in [-0.2, 0) is 15.1 Å². The second kappa shape index (κ2) is 12.9. The molecular weight excluding hydrogens is 521 g/mol. The zero-order valence-electron chi connectivity index (χ0n) is 16.5. The fourth-order valence-corrected chi connectivity index (χ4v) is 1.87. The number of halogens is 8. The summed E-state index contributed by atoms with van der Waals surface area (Å²) < 4.78 is 63.5. The number of carbonyl (C=O) groups is 2. The van der Waals surface area contributed by atoms with Crippen LogP contribution in [0, 0.1) is 11.3 Å². The molecule has 0 spiro atoms. The lowest BCUT2D eigenvalue weighted by Gasteiger charge is -2.06. The van der Waals surface area contributed by atoms with Crippen molar-refractivity contribution in [2.75, 3.05) is 0 Å². The molecule has 186 valence electrons. The zero-order chi connectivity index (χ0) is 26.7. The minimum absolute atomic E-state index is 0.162. The molecule has 1 fully saturated rings. The average molecular weight is 535 g/mol. The van der Waals surface area contributed by atoms with E-state index in [0.717, 1.165) is 18.5 Å². The number of nitriles is 1. The van der Waals surface area contributed by atoms with E-state index in [-0.39, 0.29) is 5.54 Å². The molecule has 2 aromatic heterocycles. The van der Waals surface area contributed by atoms with Crippen LogP contribution in [0.5, 0.6) is 0 Å². The highest BCUT2D eigenvalue weighted by atomic mass is 35.5. The molecule has 0 unspecified atom stereocenters. The number of hydrogen-bond acceptors (Lipinski definition) is 6. The number of alkyl halides is 6. The predicted molar refractivity (Wildman–Crippen MR) is 106 cm³/mol. The van der Waals surface area contributed by atoms with Gasteiger partial charge in [-0.3, -0.25) is 0 Å². The van der Waals surface area contributed by atoms with Gasteiger partial charge in [-0.05, 0) is 37.1 Å². The molecule has 0 saturated heterocycles. The summed E-state index contributed by atoms with van der Waals surface area (Å²) in [5.74, 6) is -5.51. The molecule has 3 rings (SSSR count). The molecule has 2 heterocycles. The molecule has 2 aromatic rings. The first-order valence-electron chi connectivity index (χ1n) is 8.47. The highest BCUT2D eigenvalue weighted by Gasteiger charge is 2.41. The molecule has 0 bridgehead atoms. The number of rotatable bonds is 1. The van der Waals surface area contributed by atoms with E-state index in [4.69, 9.17) is 54.0 Å². The van der Waals surface area contributed by atoms with Gasteiger partial charge < -0.3 is 15.9 Å². The van der Waals surface area contributed by atoms with Crippen LogP contribution < -0.4 is 5.73 Å². The second-order valence-electron chi connectivity index (χ2n) is 6.06. The van der Waals surface area contributed by atoms with Crippen LogP contribution in [0.3, 0.4) is 0 Å². The number of aromatic nitrogens is 2. The van der Waals surface area contributed by atoms with Crippen molar-refractivity contribution in [3.05, 3.63) is 58.1 Å². The zero-order valence-corrected chi connectivity index (χ0v) is 18.0. The summed E-state index contributed by atoms with van der Waals surface area (Å²) in [5, 5.41) is 23.4. The van der Waals surface area contributed by atoms with Crippen LogP contribution in [-0.4, -0.2) is 44.5 Å². The highest BCUT2D eigenvalue weighted by molar-refractivity contribution is 6.29. The van der Waals surface area contributed by atoms with Crippen molar-refractivity contribution in [2.24, 2.45) is 5.73 Å². The lowest BCUT2D eigenvalue weighted by molar-refractivity contribution is -0.193. The third-order valence-electron chi connectivity index (χ3n) is 3.33. The van der Waals surface area contributed by atoms with Gasteiger partial charge in [0.15, 0.2) is 0 Å². The Hall–Kier alpha value is -3.15. The first kappa shape index (κ1) is 30.9. The molecule has 1 saturated carbocycles. The third-order valence-corrected chi connectivity index (χ3v) is 3.75. The van der Waals surface area contributed by atoms with E-state index in [2.05, 4.69) is 9.97 Å². The van der Waals surface area contributed by atoms with Crippen molar-refractivity contribution in [3.63, 3.8) is 0 Å². The highest BCUT2D eigenvalue weighted by Crippen LogP contribution is 2.41. The van der Waals surface area contributed by atoms with Crippen molar-refractivity contribution in [3.8, 4) is 6.07 Å². The van der Waals surface area contributed by atoms with E-state index < -0.39 is 24.3 Å². The lowest BCUT2D eigenvalue weighted by Crippen LogP contribution is -2.21. The van der Waals surface area contributed by atoms with Gasteiger partial charge in [0.25, 0.3) is 0 Å². The number of nitrogens with zero attached hydrogens (tertiary/aromatic N) is 3. The quantitative estimate of drug-likeness (QED) is 0.356. The first-order valence-corrected chi connectivity index (χ1v) is 9.23. The Morgan fingerprint density at radius 2 is 1.29 bits per heavy atom. The molecule has 34 heavy (non-hydrogen) atoms. The molecule has 8 nitrogen and oxygen atoms in total. The Balaban J connectivity index is 0.000000438. The van der Waals surface area contributed by atoms with Crippen molar-refractivity contribution in [1.29, 1.82) is 5.26 Å². The van der Waals surface area contributed by atoms with Gasteiger partial charge in [-0.1, -0.05) is 35.3 Å². The number of carboxylic acid groups (broad SMARTS) is 2. The van der Waals surface area contributed by atoms with Crippen LogP contribution in [0.2, 0.25) is 10.3 Å². The fraction of sp³-hybridized carbons (Fsp3) is 0.278. The van der Waals surface area contributed by atoms with Gasteiger partial charge in [-0.25, -0.2) is 19.6 Å². The molecule has 0 aliphatic heterocycles. The number of carboxylic acids is 2. The van der Waals surface area contributed by atoms with Crippen molar-refractivity contribution in [2.45, 2.75) is 30.7 Å². The Labute approximate surface area is 197 Å². The maximum atomic E-state index is 10.6. The van der Waals surface area contributed by atoms with Crippen molar-refractivity contribution in [1.82, 2.24) is 9.97 Å². The normalized spacial score (nSPS) is 13.3. The van der Waals surface area contributed by atoms with Gasteiger partial charge in [0.1, 0.15) is 22.1 Å². The topological polar surface area (TPSA) is 150 Å². The maximum Gasteiger partial charge on any atom is 0.490 e. The van der Waals surface area contributed by atoms with Crippen LogP contribution >= 0.6 is 23.2 Å². The number of pyridine rings is 2. The molecule has 16 heteroatoms. The van der Waals surface area contributed by atoms with Crippen LogP contribution in [0.15, 0.2) is 36.4 Å². The number of aliphatic carboxylic acids is 2. The standard InChI is InChI=1S/C8H9ClN2.C6H3ClN2.2C2HF3O2/c9-7-3-1-2-6(11-7)8(10)4-5-8;7-6-3-1-2-5(4-8)9-6;2*3-2(4,5)1(6)7/h1-3H,4-5,10H2;1-3H;2*(H,6,7). The van der Waals surface area contributed by atoms with E-state index in [1.807, 2.05) is 18.2 Å². The molecule has 0 atom stereocenters. The Morgan fingerprint density at radius 3 is 1.56 bits per heavy atom. The third kappa shape index (κ3) is 12.8. The molecule has 1 aliphatic rings. The molecular formula is C18H14Cl2F6N4O4. The predicted octanol–water partition coefficient (Wildman–Crippen LogP) is 4.56. The number of hydrogen-bond donors (Lipinski definition) is 3. The smallest absolute Gasteiger partial charge is 0.475 e. The molecule has 4 N–H and O–H groups in total. The molecule has 1 aliphatic carbocycles. The lowest BCUT2D eigenvalue weighted by atomic mass is 10.2. The van der Waals surface area contributed by atoms with Crippen LogP contribution in [0.25, 0.3) is 0 Å². The van der Waals surface area contributed by atoms with Gasteiger partial charge in [0, 0.05) is 0 Å². The van der Waals surface area contributed by atoms with Gasteiger partial charge >= 0.3 is 24.3 Å². The Morgan fingerprint density at radius 1 is 0.912 bits per heavy atom. The first-order chi connectivity index (χ1) is 15.4. The van der Waals surface area contributed by atoms with Gasteiger partial charge in [0.05, 0.1) is 11.2 Å². The van der Waals surface area contributed by atoms with Gasteiger partial charge in [-0.15, -0.1) is 0 Å². The largest absolute Gasteiger partial charge is 0.490 e. The van der Waals surface area contributed by atoms with Gasteiger partial charge in [0.2, 0.25) is 0 Å². The second-order valence-corrected chi connectivity index (χ2v) is 6.84. The van der Waals surface area contributed by atoms with E-state index in [0.29, 0.717) is 16.0 Å². The minimum Gasteiger partial charge on any atom is -0.475 e. The maximum absolute atomic E-state index is 10.6. The monoisotopic (exact) mass is 534 g/mol. The van der Waals surface area contributed by atoms with E-state index in [1.54, 1.807) is 24.3 Å². The molecule has 0 amide bonds. The Kier molecular flexibility index (Phi) is 11.7. The summed E-state index contributed by atoms with van der Waals surface area (Å²) in [5.41, 5.74) is 7.02. The summed E-state index contributed by atoms with van der Waals surface area (Å²) in [6.07, 6.45) is -8.11. The van der Waals surface area contributed by atoms with Crippen molar-refractivity contribution < 1.29 is 46.1 Å². The van der Waals surface area contributed by atoms with E-state index >= 15 is 0 Å². The van der Waals surface area contributed by atoms with E-state index in [9.17, 15) is 26.3 Å². The SMILES string of the molecule is N#Cc1cccc(Cl)n1.NC1(c2cccc(Cl)n2)CC1.O=C(O)C(F)(F)F.O=C(O)C(F)(F)F.